The molecule has 0 saturated carbocycles. The number of nitrogens with one attached hydrogen (secondary N) is 2. The zero-order chi connectivity index (χ0) is 15.6. The Morgan fingerprint density at radius 1 is 1.18 bits per heavy atom. The SMILES string of the molecule is [C-]#[N+]c1ccc2c(c1)CC(NS(=O)(=O)c1ccccc1)CN2. The van der Waals surface area contributed by atoms with Crippen molar-refractivity contribution in [1.29, 1.82) is 0 Å². The van der Waals surface area contributed by atoms with Gasteiger partial charge in [-0.15, -0.1) is 0 Å². The van der Waals surface area contributed by atoms with Crippen LogP contribution in [-0.4, -0.2) is 21.0 Å². The van der Waals surface area contributed by atoms with E-state index in [-0.39, 0.29) is 10.9 Å². The molecule has 5 nitrogen and oxygen atoms in total. The summed E-state index contributed by atoms with van der Waals surface area (Å²) in [5.41, 5.74) is 2.48. The van der Waals surface area contributed by atoms with E-state index >= 15 is 0 Å². The Bertz CT molecular complexity index is 826. The van der Waals surface area contributed by atoms with Crippen LogP contribution in [0.15, 0.2) is 53.4 Å². The van der Waals surface area contributed by atoms with Crippen molar-refractivity contribution in [2.45, 2.75) is 17.4 Å². The van der Waals surface area contributed by atoms with E-state index < -0.39 is 10.0 Å². The van der Waals surface area contributed by atoms with E-state index in [0.29, 0.717) is 18.7 Å². The van der Waals surface area contributed by atoms with E-state index in [4.69, 9.17) is 6.57 Å². The molecule has 6 heteroatoms. The van der Waals surface area contributed by atoms with Crippen LogP contribution in [0.25, 0.3) is 4.85 Å². The lowest BCUT2D eigenvalue weighted by molar-refractivity contribution is 0.549. The van der Waals surface area contributed by atoms with Gasteiger partial charge in [-0.25, -0.2) is 18.0 Å². The Kier molecular flexibility index (Phi) is 3.84. The van der Waals surface area contributed by atoms with Crippen LogP contribution in [0.2, 0.25) is 0 Å². The van der Waals surface area contributed by atoms with E-state index in [0.717, 1.165) is 11.3 Å². The Balaban J connectivity index is 1.79. The van der Waals surface area contributed by atoms with Crippen LogP contribution in [0.3, 0.4) is 0 Å². The highest BCUT2D eigenvalue weighted by atomic mass is 32.2. The lowest BCUT2D eigenvalue weighted by atomic mass is 10.00. The van der Waals surface area contributed by atoms with E-state index in [9.17, 15) is 8.42 Å². The van der Waals surface area contributed by atoms with E-state index in [1.54, 1.807) is 42.5 Å². The van der Waals surface area contributed by atoms with Crippen molar-refractivity contribution in [2.24, 2.45) is 0 Å². The molecule has 3 rings (SSSR count). The van der Waals surface area contributed by atoms with Crippen molar-refractivity contribution in [3.63, 3.8) is 0 Å². The van der Waals surface area contributed by atoms with E-state index in [1.165, 1.54) is 0 Å². The first-order valence-corrected chi connectivity index (χ1v) is 8.38. The Hall–Kier alpha value is -2.36. The third-order valence-corrected chi connectivity index (χ3v) is 5.13. The molecule has 1 unspecified atom stereocenters. The Morgan fingerprint density at radius 2 is 1.95 bits per heavy atom. The molecular formula is C16H15N3O2S. The van der Waals surface area contributed by atoms with Crippen LogP contribution in [-0.2, 0) is 16.4 Å². The van der Waals surface area contributed by atoms with Crippen LogP contribution in [0, 0.1) is 6.57 Å². The molecule has 22 heavy (non-hydrogen) atoms. The van der Waals surface area contributed by atoms with Gasteiger partial charge in [-0.1, -0.05) is 30.3 Å². The molecule has 0 amide bonds. The molecule has 2 aromatic carbocycles. The molecule has 112 valence electrons. The summed E-state index contributed by atoms with van der Waals surface area (Å²) in [6, 6.07) is 13.5. The lowest BCUT2D eigenvalue weighted by Gasteiger charge is -2.27. The number of rotatable bonds is 3. The molecule has 0 saturated heterocycles. The number of hydrogen-bond donors (Lipinski definition) is 2. The maximum Gasteiger partial charge on any atom is 0.240 e. The molecule has 0 aromatic heterocycles. The van der Waals surface area contributed by atoms with Gasteiger partial charge in [0.1, 0.15) is 0 Å². The van der Waals surface area contributed by atoms with Crippen molar-refractivity contribution in [1.82, 2.24) is 4.72 Å². The van der Waals surface area contributed by atoms with Crippen LogP contribution in [0.1, 0.15) is 5.56 Å². The first kappa shape index (κ1) is 14.6. The zero-order valence-corrected chi connectivity index (χ0v) is 12.6. The van der Waals surface area contributed by atoms with Crippen molar-refractivity contribution in [2.75, 3.05) is 11.9 Å². The van der Waals surface area contributed by atoms with Gasteiger partial charge in [-0.05, 0) is 30.2 Å². The van der Waals surface area contributed by atoms with Crippen molar-refractivity contribution in [3.8, 4) is 0 Å². The maximum absolute atomic E-state index is 12.3. The fraction of sp³-hybridized carbons (Fsp3) is 0.188. The highest BCUT2D eigenvalue weighted by Crippen LogP contribution is 2.27. The quantitative estimate of drug-likeness (QED) is 0.856. The Morgan fingerprint density at radius 3 is 2.68 bits per heavy atom. The fourth-order valence-electron chi connectivity index (χ4n) is 2.53. The summed E-state index contributed by atoms with van der Waals surface area (Å²) < 4.78 is 27.4. The maximum atomic E-state index is 12.3. The van der Waals surface area contributed by atoms with Crippen LogP contribution >= 0.6 is 0 Å². The second-order valence-corrected chi connectivity index (χ2v) is 6.88. The third kappa shape index (κ3) is 2.96. The molecule has 1 atom stereocenters. The summed E-state index contributed by atoms with van der Waals surface area (Å²) in [5.74, 6) is 0. The summed E-state index contributed by atoms with van der Waals surface area (Å²) in [4.78, 5) is 3.67. The summed E-state index contributed by atoms with van der Waals surface area (Å²) >= 11 is 0. The van der Waals surface area contributed by atoms with Gasteiger partial charge in [0, 0.05) is 18.3 Å². The number of fused-ring (bicyclic) bond motifs is 1. The van der Waals surface area contributed by atoms with Crippen LogP contribution in [0.4, 0.5) is 11.4 Å². The van der Waals surface area contributed by atoms with Gasteiger partial charge >= 0.3 is 0 Å². The first-order valence-electron chi connectivity index (χ1n) is 6.90. The lowest BCUT2D eigenvalue weighted by Crippen LogP contribution is -2.43. The van der Waals surface area contributed by atoms with Gasteiger partial charge in [-0.3, -0.25) is 0 Å². The number of anilines is 1. The fourth-order valence-corrected chi connectivity index (χ4v) is 3.79. The topological polar surface area (TPSA) is 62.6 Å². The average molecular weight is 313 g/mol. The largest absolute Gasteiger partial charge is 0.383 e. The molecule has 1 heterocycles. The first-order chi connectivity index (χ1) is 10.6. The molecule has 0 radical (unpaired) electrons. The number of hydrogen-bond acceptors (Lipinski definition) is 3. The van der Waals surface area contributed by atoms with Gasteiger partial charge < -0.3 is 5.32 Å². The highest BCUT2D eigenvalue weighted by molar-refractivity contribution is 7.89. The molecule has 0 fully saturated rings. The minimum Gasteiger partial charge on any atom is -0.383 e. The zero-order valence-electron chi connectivity index (χ0n) is 11.8. The van der Waals surface area contributed by atoms with Gasteiger partial charge in [0.15, 0.2) is 5.69 Å². The molecule has 2 aromatic rings. The summed E-state index contributed by atoms with van der Waals surface area (Å²) in [7, 11) is -3.53. The molecular weight excluding hydrogens is 298 g/mol. The minimum absolute atomic E-state index is 0.237. The smallest absolute Gasteiger partial charge is 0.240 e. The summed E-state index contributed by atoms with van der Waals surface area (Å²) in [6.07, 6.45) is 0.567. The third-order valence-electron chi connectivity index (χ3n) is 3.60. The number of sulfonamides is 1. The van der Waals surface area contributed by atoms with Gasteiger partial charge in [0.2, 0.25) is 10.0 Å². The molecule has 0 bridgehead atoms. The van der Waals surface area contributed by atoms with E-state index in [2.05, 4.69) is 14.9 Å². The summed E-state index contributed by atoms with van der Waals surface area (Å²) in [6.45, 7) is 7.59. The molecule has 0 aliphatic carbocycles. The minimum atomic E-state index is -3.53. The van der Waals surface area contributed by atoms with Crippen LogP contribution < -0.4 is 10.0 Å². The number of nitrogens with zero attached hydrogens (tertiary/aromatic N) is 1. The normalized spacial score (nSPS) is 17.1. The molecule has 2 N–H and O–H groups in total. The average Bonchev–Trinajstić information content (AvgIpc) is 2.54. The predicted molar refractivity (Wildman–Crippen MR) is 85.4 cm³/mol. The highest BCUT2D eigenvalue weighted by Gasteiger charge is 2.24. The molecule has 1 aliphatic rings. The second kappa shape index (κ2) is 5.79. The van der Waals surface area contributed by atoms with Crippen molar-refractivity contribution in [3.05, 3.63) is 65.5 Å². The Labute approximate surface area is 129 Å². The standard InChI is InChI=1S/C16H15N3O2S/c1-17-13-7-8-16-12(9-13)10-14(11-18-16)19-22(20,21)15-5-3-2-4-6-15/h2-9,14,18-19H,10-11H2. The molecule has 1 aliphatic heterocycles. The van der Waals surface area contributed by atoms with Crippen molar-refractivity contribution < 1.29 is 8.42 Å². The summed E-state index contributed by atoms with van der Waals surface area (Å²) in [5, 5.41) is 3.21. The van der Waals surface area contributed by atoms with Crippen molar-refractivity contribution >= 4 is 21.4 Å². The van der Waals surface area contributed by atoms with Gasteiger partial charge in [0.05, 0.1) is 11.5 Å². The van der Waals surface area contributed by atoms with Crippen LogP contribution in [0.5, 0.6) is 0 Å². The second-order valence-electron chi connectivity index (χ2n) is 5.17. The predicted octanol–water partition coefficient (Wildman–Crippen LogP) is 2.55. The monoisotopic (exact) mass is 313 g/mol. The van der Waals surface area contributed by atoms with Gasteiger partial charge in [0.25, 0.3) is 0 Å². The van der Waals surface area contributed by atoms with E-state index in [1.807, 2.05) is 6.07 Å². The molecule has 0 spiro atoms. The van der Waals surface area contributed by atoms with Gasteiger partial charge in [-0.2, -0.15) is 0 Å². The number of benzene rings is 2.